The number of halogens is 1. The molecule has 0 spiro atoms. The SMILES string of the molecule is CCCS(=O)(=O)CCC(CBr)C(C)(C)C. The third-order valence-electron chi connectivity index (χ3n) is 2.70. The zero-order valence-corrected chi connectivity index (χ0v) is 12.6. The van der Waals surface area contributed by atoms with Gasteiger partial charge in [-0.25, -0.2) is 8.42 Å². The normalized spacial score (nSPS) is 15.3. The average molecular weight is 299 g/mol. The summed E-state index contributed by atoms with van der Waals surface area (Å²) < 4.78 is 23.1. The second kappa shape index (κ2) is 6.24. The highest BCUT2D eigenvalue weighted by Crippen LogP contribution is 2.30. The molecule has 0 aromatic rings. The van der Waals surface area contributed by atoms with Crippen molar-refractivity contribution in [2.75, 3.05) is 16.8 Å². The summed E-state index contributed by atoms with van der Waals surface area (Å²) in [5, 5.41) is 0.873. The molecule has 0 amide bonds. The fourth-order valence-corrected chi connectivity index (χ4v) is 4.24. The van der Waals surface area contributed by atoms with Gasteiger partial charge in [0.2, 0.25) is 0 Å². The van der Waals surface area contributed by atoms with Crippen molar-refractivity contribution in [1.82, 2.24) is 0 Å². The molecule has 0 aromatic heterocycles. The van der Waals surface area contributed by atoms with Crippen molar-refractivity contribution < 1.29 is 8.42 Å². The molecular weight excluding hydrogens is 276 g/mol. The molecule has 4 heteroatoms. The van der Waals surface area contributed by atoms with Crippen LogP contribution in [-0.4, -0.2) is 25.3 Å². The summed E-state index contributed by atoms with van der Waals surface area (Å²) in [5.74, 6) is 1.07. The van der Waals surface area contributed by atoms with Gasteiger partial charge >= 0.3 is 0 Å². The molecule has 0 fully saturated rings. The lowest BCUT2D eigenvalue weighted by molar-refractivity contribution is 0.262. The average Bonchev–Trinajstić information content (AvgIpc) is 2.02. The number of alkyl halides is 1. The molecule has 0 heterocycles. The quantitative estimate of drug-likeness (QED) is 0.705. The molecule has 0 aliphatic heterocycles. The Morgan fingerprint density at radius 3 is 2.07 bits per heavy atom. The number of sulfone groups is 1. The largest absolute Gasteiger partial charge is 0.229 e. The first-order valence-electron chi connectivity index (χ1n) is 5.49. The van der Waals surface area contributed by atoms with E-state index in [-0.39, 0.29) is 5.41 Å². The smallest absolute Gasteiger partial charge is 0.150 e. The fraction of sp³-hybridized carbons (Fsp3) is 1.00. The molecule has 0 saturated heterocycles. The van der Waals surface area contributed by atoms with Crippen molar-refractivity contribution in [3.8, 4) is 0 Å². The molecule has 0 bridgehead atoms. The van der Waals surface area contributed by atoms with Gasteiger partial charge in [-0.15, -0.1) is 0 Å². The van der Waals surface area contributed by atoms with Crippen LogP contribution in [-0.2, 0) is 9.84 Å². The topological polar surface area (TPSA) is 34.1 Å². The first-order valence-corrected chi connectivity index (χ1v) is 8.43. The maximum atomic E-state index is 11.6. The van der Waals surface area contributed by atoms with Gasteiger partial charge in [0.25, 0.3) is 0 Å². The minimum atomic E-state index is -2.82. The minimum absolute atomic E-state index is 0.172. The lowest BCUT2D eigenvalue weighted by atomic mass is 9.80. The van der Waals surface area contributed by atoms with Crippen molar-refractivity contribution >= 4 is 25.8 Å². The number of hydrogen-bond donors (Lipinski definition) is 0. The van der Waals surface area contributed by atoms with Gasteiger partial charge in [0.05, 0.1) is 5.75 Å². The second-order valence-corrected chi connectivity index (χ2v) is 8.11. The van der Waals surface area contributed by atoms with Crippen molar-refractivity contribution in [3.05, 3.63) is 0 Å². The summed E-state index contributed by atoms with van der Waals surface area (Å²) in [4.78, 5) is 0. The van der Waals surface area contributed by atoms with E-state index in [0.717, 1.165) is 18.2 Å². The van der Waals surface area contributed by atoms with E-state index in [2.05, 4.69) is 36.7 Å². The van der Waals surface area contributed by atoms with Crippen LogP contribution in [0.1, 0.15) is 40.5 Å². The number of hydrogen-bond acceptors (Lipinski definition) is 2. The van der Waals surface area contributed by atoms with Gasteiger partial charge in [0.15, 0.2) is 0 Å². The van der Waals surface area contributed by atoms with Crippen LogP contribution in [0.25, 0.3) is 0 Å². The summed E-state index contributed by atoms with van der Waals surface area (Å²) in [6.45, 7) is 8.38. The molecule has 0 radical (unpaired) electrons. The van der Waals surface area contributed by atoms with Gasteiger partial charge in [-0.3, -0.25) is 0 Å². The molecule has 15 heavy (non-hydrogen) atoms. The third kappa shape index (κ3) is 6.56. The fourth-order valence-electron chi connectivity index (χ4n) is 1.48. The Hall–Kier alpha value is 0.430. The van der Waals surface area contributed by atoms with Crippen LogP contribution in [0.3, 0.4) is 0 Å². The molecule has 1 unspecified atom stereocenters. The van der Waals surface area contributed by atoms with Crippen LogP contribution in [0.5, 0.6) is 0 Å². The Kier molecular flexibility index (Phi) is 6.41. The Balaban J connectivity index is 4.25. The van der Waals surface area contributed by atoms with Crippen molar-refractivity contribution in [1.29, 1.82) is 0 Å². The van der Waals surface area contributed by atoms with Gasteiger partial charge in [-0.2, -0.15) is 0 Å². The summed E-state index contributed by atoms with van der Waals surface area (Å²) in [5.41, 5.74) is 0.172. The first kappa shape index (κ1) is 15.4. The second-order valence-electron chi connectivity index (χ2n) is 5.16. The molecule has 0 saturated carbocycles. The van der Waals surface area contributed by atoms with Crippen molar-refractivity contribution in [2.24, 2.45) is 11.3 Å². The van der Waals surface area contributed by atoms with Crippen LogP contribution in [0.15, 0.2) is 0 Å². The van der Waals surface area contributed by atoms with E-state index in [4.69, 9.17) is 0 Å². The monoisotopic (exact) mass is 298 g/mol. The van der Waals surface area contributed by atoms with E-state index in [0.29, 0.717) is 17.4 Å². The van der Waals surface area contributed by atoms with E-state index in [1.165, 1.54) is 0 Å². The number of rotatable bonds is 6. The summed E-state index contributed by atoms with van der Waals surface area (Å²) >= 11 is 3.46. The molecule has 0 aliphatic carbocycles. The summed E-state index contributed by atoms with van der Waals surface area (Å²) in [6.07, 6.45) is 1.48. The highest BCUT2D eigenvalue weighted by Gasteiger charge is 2.25. The van der Waals surface area contributed by atoms with Crippen LogP contribution in [0, 0.1) is 11.3 Å². The lowest BCUT2D eigenvalue weighted by Gasteiger charge is -2.29. The molecule has 2 nitrogen and oxygen atoms in total. The van der Waals surface area contributed by atoms with Crippen LogP contribution >= 0.6 is 15.9 Å². The molecule has 0 N–H and O–H groups in total. The highest BCUT2D eigenvalue weighted by molar-refractivity contribution is 9.09. The standard InChI is InChI=1S/C11H23BrO2S/c1-5-7-15(13,14)8-6-10(9-12)11(2,3)4/h10H,5-9H2,1-4H3. The van der Waals surface area contributed by atoms with Crippen LogP contribution < -0.4 is 0 Å². The molecule has 92 valence electrons. The van der Waals surface area contributed by atoms with E-state index in [1.807, 2.05) is 6.92 Å². The van der Waals surface area contributed by atoms with E-state index in [1.54, 1.807) is 0 Å². The lowest BCUT2D eigenvalue weighted by Crippen LogP contribution is -2.25. The minimum Gasteiger partial charge on any atom is -0.229 e. The van der Waals surface area contributed by atoms with Crippen LogP contribution in [0.2, 0.25) is 0 Å². The summed E-state index contributed by atoms with van der Waals surface area (Å²) in [7, 11) is -2.82. The van der Waals surface area contributed by atoms with E-state index < -0.39 is 9.84 Å². The molecule has 0 aromatic carbocycles. The van der Waals surface area contributed by atoms with Gasteiger partial charge in [0.1, 0.15) is 9.84 Å². The predicted octanol–water partition coefficient (Wildman–Crippen LogP) is 3.26. The molecule has 0 rings (SSSR count). The van der Waals surface area contributed by atoms with E-state index >= 15 is 0 Å². The van der Waals surface area contributed by atoms with Crippen LogP contribution in [0.4, 0.5) is 0 Å². The first-order chi connectivity index (χ1) is 6.73. The third-order valence-corrected chi connectivity index (χ3v) is 5.37. The van der Waals surface area contributed by atoms with Gasteiger partial charge in [-0.05, 0) is 24.2 Å². The van der Waals surface area contributed by atoms with Gasteiger partial charge < -0.3 is 0 Å². The highest BCUT2D eigenvalue weighted by atomic mass is 79.9. The molecule has 0 aliphatic rings. The predicted molar refractivity (Wildman–Crippen MR) is 70.3 cm³/mol. The van der Waals surface area contributed by atoms with Gasteiger partial charge in [0, 0.05) is 11.1 Å². The van der Waals surface area contributed by atoms with E-state index in [9.17, 15) is 8.42 Å². The maximum absolute atomic E-state index is 11.6. The Morgan fingerprint density at radius 1 is 1.20 bits per heavy atom. The Labute approximate surface area is 103 Å². The zero-order chi connectivity index (χ0) is 12.1. The zero-order valence-electron chi connectivity index (χ0n) is 10.2. The van der Waals surface area contributed by atoms with Gasteiger partial charge in [-0.1, -0.05) is 43.6 Å². The van der Waals surface area contributed by atoms with Crippen molar-refractivity contribution in [2.45, 2.75) is 40.5 Å². The molecule has 1 atom stereocenters. The molecular formula is C11H23BrO2S. The van der Waals surface area contributed by atoms with Crippen molar-refractivity contribution in [3.63, 3.8) is 0 Å². The summed E-state index contributed by atoms with van der Waals surface area (Å²) in [6, 6.07) is 0. The maximum Gasteiger partial charge on any atom is 0.150 e. The Bertz CT molecular complexity index is 265. The Morgan fingerprint density at radius 2 is 1.73 bits per heavy atom.